The molecule has 31 heavy (non-hydrogen) atoms. The molecule has 1 aliphatic heterocycles. The van der Waals surface area contributed by atoms with E-state index in [0.29, 0.717) is 31.0 Å². The van der Waals surface area contributed by atoms with E-state index in [1.165, 1.54) is 0 Å². The molecule has 0 saturated carbocycles. The first-order chi connectivity index (χ1) is 15.0. The van der Waals surface area contributed by atoms with Gasteiger partial charge < -0.3 is 25.3 Å². The molecule has 3 heterocycles. The van der Waals surface area contributed by atoms with Gasteiger partial charge in [-0.1, -0.05) is 30.3 Å². The summed E-state index contributed by atoms with van der Waals surface area (Å²) in [5.74, 6) is -2.51. The van der Waals surface area contributed by atoms with Gasteiger partial charge in [-0.25, -0.2) is 19.4 Å². The molecule has 1 saturated heterocycles. The third kappa shape index (κ3) is 5.65. The van der Waals surface area contributed by atoms with Gasteiger partial charge in [0.15, 0.2) is 5.65 Å². The number of nitrogens with one attached hydrogen (secondary N) is 2. The molecule has 10 nitrogen and oxygen atoms in total. The van der Waals surface area contributed by atoms with Gasteiger partial charge in [0.05, 0.1) is 24.3 Å². The maximum Gasteiger partial charge on any atom is 0.328 e. The zero-order chi connectivity index (χ0) is 22.2. The molecule has 1 fully saturated rings. The number of morpholine rings is 1. The highest BCUT2D eigenvalue weighted by Crippen LogP contribution is 2.26. The van der Waals surface area contributed by atoms with E-state index in [0.717, 1.165) is 17.6 Å². The van der Waals surface area contributed by atoms with Gasteiger partial charge in [-0.3, -0.25) is 4.57 Å². The second-order valence-corrected chi connectivity index (χ2v) is 6.65. The monoisotopic (exact) mass is 426 g/mol. The van der Waals surface area contributed by atoms with Gasteiger partial charge in [0, 0.05) is 31.4 Å². The number of benzene rings is 1. The van der Waals surface area contributed by atoms with Crippen molar-refractivity contribution in [3.05, 3.63) is 76.9 Å². The second kappa shape index (κ2) is 10.3. The molecule has 3 aromatic rings. The van der Waals surface area contributed by atoms with Gasteiger partial charge >= 0.3 is 17.6 Å². The molecule has 0 radical (unpaired) electrons. The third-order valence-corrected chi connectivity index (χ3v) is 4.57. The van der Waals surface area contributed by atoms with Gasteiger partial charge in [0.1, 0.15) is 0 Å². The molecule has 4 N–H and O–H groups in total. The van der Waals surface area contributed by atoms with E-state index < -0.39 is 11.9 Å². The number of hydrogen-bond acceptors (Lipinski definition) is 6. The standard InChI is InChI=1S/C17H18N4O2.C4H4O4/c22-17-20-13-7-4-8-19-16(13)21(17)15(12-5-2-1-3-6-12)14-11-18-9-10-23-14;5-3(6)1-2-4(7)8/h1-8,14-15,18H,9-11H2,(H,20,22);1-2H,(H,5,6)(H,7,8)/b;2-1-. The van der Waals surface area contributed by atoms with E-state index in [2.05, 4.69) is 15.3 Å². The summed E-state index contributed by atoms with van der Waals surface area (Å²) in [7, 11) is 0. The molecule has 1 aliphatic rings. The van der Waals surface area contributed by atoms with E-state index in [1.54, 1.807) is 10.8 Å². The Labute approximate surface area is 176 Å². The molecular weight excluding hydrogens is 404 g/mol. The number of nitrogens with zero attached hydrogens (tertiary/aromatic N) is 2. The second-order valence-electron chi connectivity index (χ2n) is 6.65. The number of carboxylic acid groups (broad SMARTS) is 2. The first-order valence-electron chi connectivity index (χ1n) is 9.54. The quantitative estimate of drug-likeness (QED) is 0.442. The van der Waals surface area contributed by atoms with Crippen LogP contribution in [0.5, 0.6) is 0 Å². The fraction of sp³-hybridized carbons (Fsp3) is 0.238. The van der Waals surface area contributed by atoms with Gasteiger partial charge in [-0.05, 0) is 17.7 Å². The Morgan fingerprint density at radius 1 is 1.13 bits per heavy atom. The van der Waals surface area contributed by atoms with Crippen LogP contribution in [-0.2, 0) is 14.3 Å². The van der Waals surface area contributed by atoms with E-state index in [9.17, 15) is 14.4 Å². The average Bonchev–Trinajstić information content (AvgIpc) is 3.10. The minimum Gasteiger partial charge on any atom is -0.478 e. The minimum atomic E-state index is -1.26. The summed E-state index contributed by atoms with van der Waals surface area (Å²) in [6.07, 6.45) is 2.70. The van der Waals surface area contributed by atoms with Crippen molar-refractivity contribution in [2.24, 2.45) is 0 Å². The summed E-state index contributed by atoms with van der Waals surface area (Å²) in [5, 5.41) is 19.0. The maximum absolute atomic E-state index is 12.6. The number of carboxylic acids is 2. The molecule has 0 spiro atoms. The molecule has 10 heteroatoms. The van der Waals surface area contributed by atoms with Crippen LogP contribution in [0, 0.1) is 0 Å². The summed E-state index contributed by atoms with van der Waals surface area (Å²) < 4.78 is 7.67. The number of aromatic amines is 1. The first kappa shape index (κ1) is 21.9. The normalized spacial score (nSPS) is 17.1. The zero-order valence-corrected chi connectivity index (χ0v) is 16.5. The lowest BCUT2D eigenvalue weighted by Crippen LogP contribution is -2.45. The van der Waals surface area contributed by atoms with Crippen LogP contribution < -0.4 is 11.0 Å². The molecular formula is C21H22N4O6. The van der Waals surface area contributed by atoms with Crippen LogP contribution in [0.2, 0.25) is 0 Å². The van der Waals surface area contributed by atoms with Crippen molar-refractivity contribution >= 4 is 23.1 Å². The van der Waals surface area contributed by atoms with Crippen molar-refractivity contribution in [1.29, 1.82) is 0 Å². The van der Waals surface area contributed by atoms with E-state index in [1.807, 2.05) is 42.5 Å². The molecule has 162 valence electrons. The van der Waals surface area contributed by atoms with Crippen molar-refractivity contribution < 1.29 is 24.5 Å². The van der Waals surface area contributed by atoms with Crippen LogP contribution in [0.4, 0.5) is 0 Å². The number of aromatic nitrogens is 3. The Morgan fingerprint density at radius 2 is 1.84 bits per heavy atom. The zero-order valence-electron chi connectivity index (χ0n) is 16.5. The van der Waals surface area contributed by atoms with E-state index >= 15 is 0 Å². The lowest BCUT2D eigenvalue weighted by atomic mass is 10.00. The smallest absolute Gasteiger partial charge is 0.328 e. The highest BCUT2D eigenvalue weighted by molar-refractivity contribution is 5.89. The Kier molecular flexibility index (Phi) is 7.31. The topological polar surface area (TPSA) is 147 Å². The molecule has 2 atom stereocenters. The summed E-state index contributed by atoms with van der Waals surface area (Å²) in [5.41, 5.74) is 2.26. The lowest BCUT2D eigenvalue weighted by molar-refractivity contribution is -0.134. The Bertz CT molecular complexity index is 1100. The van der Waals surface area contributed by atoms with Crippen LogP contribution in [0.1, 0.15) is 11.6 Å². The molecule has 1 aromatic carbocycles. The molecule has 0 amide bonds. The van der Waals surface area contributed by atoms with Crippen molar-refractivity contribution in [3.63, 3.8) is 0 Å². The number of carbonyl (C=O) groups is 2. The van der Waals surface area contributed by atoms with Crippen molar-refractivity contribution in [3.8, 4) is 0 Å². The van der Waals surface area contributed by atoms with E-state index in [4.69, 9.17) is 14.9 Å². The van der Waals surface area contributed by atoms with Crippen molar-refractivity contribution in [2.45, 2.75) is 12.1 Å². The van der Waals surface area contributed by atoms with Gasteiger partial charge in [-0.2, -0.15) is 0 Å². The largest absolute Gasteiger partial charge is 0.478 e. The van der Waals surface area contributed by atoms with Gasteiger partial charge in [0.2, 0.25) is 0 Å². The summed E-state index contributed by atoms with van der Waals surface area (Å²) in [4.78, 5) is 39.0. The number of aliphatic carboxylic acids is 2. The van der Waals surface area contributed by atoms with Crippen molar-refractivity contribution in [1.82, 2.24) is 19.9 Å². The Balaban J connectivity index is 0.000000293. The molecule has 4 rings (SSSR count). The summed E-state index contributed by atoms with van der Waals surface area (Å²) >= 11 is 0. The van der Waals surface area contributed by atoms with Crippen molar-refractivity contribution in [2.75, 3.05) is 19.7 Å². The Hall–Kier alpha value is -3.76. The van der Waals surface area contributed by atoms with Crippen LogP contribution in [-0.4, -0.2) is 62.5 Å². The molecule has 2 unspecified atom stereocenters. The fourth-order valence-corrected chi connectivity index (χ4v) is 3.33. The van der Waals surface area contributed by atoms with E-state index in [-0.39, 0.29) is 17.8 Å². The van der Waals surface area contributed by atoms with Crippen LogP contribution in [0.15, 0.2) is 65.6 Å². The van der Waals surface area contributed by atoms with Gasteiger partial charge in [-0.15, -0.1) is 0 Å². The predicted octanol–water partition coefficient (Wildman–Crippen LogP) is 1.01. The number of hydrogen-bond donors (Lipinski definition) is 4. The fourth-order valence-electron chi connectivity index (χ4n) is 3.33. The third-order valence-electron chi connectivity index (χ3n) is 4.57. The number of imidazole rings is 1. The predicted molar refractivity (Wildman–Crippen MR) is 112 cm³/mol. The van der Waals surface area contributed by atoms with Gasteiger partial charge in [0.25, 0.3) is 0 Å². The average molecular weight is 426 g/mol. The summed E-state index contributed by atoms with van der Waals surface area (Å²) in [6.45, 7) is 2.17. The van der Waals surface area contributed by atoms with Crippen LogP contribution >= 0.6 is 0 Å². The highest BCUT2D eigenvalue weighted by Gasteiger charge is 2.30. The summed E-state index contributed by atoms with van der Waals surface area (Å²) in [6, 6.07) is 13.4. The first-order valence-corrected chi connectivity index (χ1v) is 9.54. The number of H-pyrrole nitrogens is 1. The SMILES string of the molecule is O=C(O)/C=C\C(=O)O.O=c1[nH]c2cccnc2n1C(c1ccccc1)C1CNCCO1. The number of pyridine rings is 1. The van der Waals surface area contributed by atoms with Crippen LogP contribution in [0.3, 0.4) is 0 Å². The number of ether oxygens (including phenoxy) is 1. The lowest BCUT2D eigenvalue weighted by Gasteiger charge is -2.31. The Morgan fingerprint density at radius 3 is 2.45 bits per heavy atom. The minimum absolute atomic E-state index is 0.121. The highest BCUT2D eigenvalue weighted by atomic mass is 16.5. The van der Waals surface area contributed by atoms with Crippen LogP contribution in [0.25, 0.3) is 11.2 Å². The number of fused-ring (bicyclic) bond motifs is 1. The molecule has 2 aromatic heterocycles. The molecule has 0 aliphatic carbocycles. The maximum atomic E-state index is 12.6. The number of rotatable bonds is 5. The molecule has 0 bridgehead atoms.